The second-order valence-electron chi connectivity index (χ2n) is 5.06. The molecule has 0 spiro atoms. The summed E-state index contributed by atoms with van der Waals surface area (Å²) in [6.07, 6.45) is -2.48. The number of aliphatic hydroxyl groups excluding tert-OH is 1. The van der Waals surface area contributed by atoms with Crippen LogP contribution in [0, 0.1) is 0 Å². The second-order valence-corrected chi connectivity index (χ2v) is 5.06. The SMILES string of the molecule is Cn1ccnc1C(=O)NC[C@H](O)COc1cccc(C(F)(F)F)c1. The van der Waals surface area contributed by atoms with Crippen molar-refractivity contribution in [1.82, 2.24) is 14.9 Å². The first-order valence-corrected chi connectivity index (χ1v) is 7.01. The predicted octanol–water partition coefficient (Wildman–Crippen LogP) is 1.61. The minimum atomic E-state index is -4.46. The summed E-state index contributed by atoms with van der Waals surface area (Å²) in [7, 11) is 1.65. The first kappa shape index (κ1) is 17.8. The van der Waals surface area contributed by atoms with Gasteiger partial charge in [0, 0.05) is 26.0 Å². The van der Waals surface area contributed by atoms with E-state index in [0.717, 1.165) is 12.1 Å². The smallest absolute Gasteiger partial charge is 0.416 e. The number of halogens is 3. The summed E-state index contributed by atoms with van der Waals surface area (Å²) in [6, 6.07) is 4.34. The van der Waals surface area contributed by atoms with Crippen molar-refractivity contribution < 1.29 is 27.8 Å². The molecule has 1 heterocycles. The van der Waals surface area contributed by atoms with E-state index in [1.807, 2.05) is 0 Å². The summed E-state index contributed by atoms with van der Waals surface area (Å²) in [4.78, 5) is 15.6. The van der Waals surface area contributed by atoms with Gasteiger partial charge in [-0.15, -0.1) is 0 Å². The number of aromatic nitrogens is 2. The van der Waals surface area contributed by atoms with Crippen LogP contribution in [0.2, 0.25) is 0 Å². The Labute approximate surface area is 135 Å². The number of ether oxygens (including phenoxy) is 1. The Morgan fingerprint density at radius 2 is 2.21 bits per heavy atom. The minimum Gasteiger partial charge on any atom is -0.491 e. The number of hydrogen-bond donors (Lipinski definition) is 2. The van der Waals surface area contributed by atoms with Gasteiger partial charge in [-0.05, 0) is 18.2 Å². The summed E-state index contributed by atoms with van der Waals surface area (Å²) >= 11 is 0. The molecule has 1 aromatic heterocycles. The molecule has 0 unspecified atom stereocenters. The fourth-order valence-electron chi connectivity index (χ4n) is 1.89. The lowest BCUT2D eigenvalue weighted by Crippen LogP contribution is -2.36. The summed E-state index contributed by atoms with van der Waals surface area (Å²) < 4.78 is 44.4. The van der Waals surface area contributed by atoms with Crippen molar-refractivity contribution in [2.45, 2.75) is 12.3 Å². The summed E-state index contributed by atoms with van der Waals surface area (Å²) in [5, 5.41) is 12.2. The standard InChI is InChI=1S/C15H16F3N3O3/c1-21-6-5-19-13(21)14(23)20-8-11(22)9-24-12-4-2-3-10(7-12)15(16,17)18/h2-7,11,22H,8-9H2,1H3,(H,20,23)/t11-/m0/s1. The van der Waals surface area contributed by atoms with E-state index in [1.165, 1.54) is 22.9 Å². The molecule has 0 fully saturated rings. The number of benzene rings is 1. The van der Waals surface area contributed by atoms with E-state index in [-0.39, 0.29) is 24.7 Å². The number of nitrogens with one attached hydrogen (secondary N) is 1. The molecule has 0 saturated heterocycles. The Hall–Kier alpha value is -2.55. The monoisotopic (exact) mass is 343 g/mol. The lowest BCUT2D eigenvalue weighted by Gasteiger charge is -2.14. The number of hydrogen-bond acceptors (Lipinski definition) is 4. The highest BCUT2D eigenvalue weighted by molar-refractivity contribution is 5.90. The van der Waals surface area contributed by atoms with Crippen molar-refractivity contribution in [3.8, 4) is 5.75 Å². The van der Waals surface area contributed by atoms with Crippen molar-refractivity contribution in [2.75, 3.05) is 13.2 Å². The third kappa shape index (κ3) is 4.72. The van der Waals surface area contributed by atoms with E-state index in [9.17, 15) is 23.1 Å². The first-order valence-electron chi connectivity index (χ1n) is 7.01. The van der Waals surface area contributed by atoms with E-state index in [1.54, 1.807) is 13.2 Å². The van der Waals surface area contributed by atoms with Crippen LogP contribution in [-0.2, 0) is 13.2 Å². The highest BCUT2D eigenvalue weighted by Gasteiger charge is 2.30. The van der Waals surface area contributed by atoms with Crippen LogP contribution < -0.4 is 10.1 Å². The zero-order valence-electron chi connectivity index (χ0n) is 12.7. The third-order valence-electron chi connectivity index (χ3n) is 3.13. The van der Waals surface area contributed by atoms with Crippen molar-refractivity contribution in [3.63, 3.8) is 0 Å². The van der Waals surface area contributed by atoms with Crippen molar-refractivity contribution in [3.05, 3.63) is 48.0 Å². The minimum absolute atomic E-state index is 0.0145. The molecule has 0 aliphatic carbocycles. The van der Waals surface area contributed by atoms with Crippen LogP contribution in [0.4, 0.5) is 13.2 Å². The first-order chi connectivity index (χ1) is 11.3. The molecule has 24 heavy (non-hydrogen) atoms. The number of aliphatic hydroxyl groups is 1. The number of imidazole rings is 1. The van der Waals surface area contributed by atoms with Crippen LogP contribution in [0.15, 0.2) is 36.7 Å². The molecule has 6 nitrogen and oxygen atoms in total. The quantitative estimate of drug-likeness (QED) is 0.835. The topological polar surface area (TPSA) is 76.4 Å². The maximum Gasteiger partial charge on any atom is 0.416 e. The average molecular weight is 343 g/mol. The van der Waals surface area contributed by atoms with Gasteiger partial charge in [0.05, 0.1) is 5.56 Å². The van der Waals surface area contributed by atoms with Crippen LogP contribution in [0.1, 0.15) is 16.2 Å². The number of amides is 1. The van der Waals surface area contributed by atoms with E-state index >= 15 is 0 Å². The normalized spacial score (nSPS) is 12.7. The number of rotatable bonds is 6. The van der Waals surface area contributed by atoms with E-state index in [4.69, 9.17) is 4.74 Å². The van der Waals surface area contributed by atoms with Crippen molar-refractivity contribution in [2.24, 2.45) is 7.05 Å². The van der Waals surface area contributed by atoms with Crippen LogP contribution in [0.25, 0.3) is 0 Å². The largest absolute Gasteiger partial charge is 0.491 e. The number of nitrogens with zero attached hydrogens (tertiary/aromatic N) is 2. The molecule has 0 aliphatic rings. The Morgan fingerprint density at radius 3 is 2.83 bits per heavy atom. The van der Waals surface area contributed by atoms with Gasteiger partial charge in [-0.3, -0.25) is 4.79 Å². The molecule has 9 heteroatoms. The van der Waals surface area contributed by atoms with Gasteiger partial charge in [-0.25, -0.2) is 4.98 Å². The molecular formula is C15H16F3N3O3. The van der Waals surface area contributed by atoms with Gasteiger partial charge in [0.2, 0.25) is 0 Å². The highest BCUT2D eigenvalue weighted by Crippen LogP contribution is 2.31. The summed E-state index contributed by atoms with van der Waals surface area (Å²) in [6.45, 7) is -0.382. The van der Waals surface area contributed by atoms with Gasteiger partial charge in [-0.2, -0.15) is 13.2 Å². The van der Waals surface area contributed by atoms with Crippen LogP contribution in [0.3, 0.4) is 0 Å². The second kappa shape index (κ2) is 7.35. The van der Waals surface area contributed by atoms with Gasteiger partial charge >= 0.3 is 6.18 Å². The lowest BCUT2D eigenvalue weighted by atomic mass is 10.2. The van der Waals surface area contributed by atoms with Crippen LogP contribution >= 0.6 is 0 Å². The third-order valence-corrected chi connectivity index (χ3v) is 3.13. The number of carbonyl (C=O) groups excluding carboxylic acids is 1. The van der Waals surface area contributed by atoms with Gasteiger partial charge in [0.25, 0.3) is 5.91 Å². The van der Waals surface area contributed by atoms with Gasteiger partial charge in [-0.1, -0.05) is 6.07 Å². The predicted molar refractivity (Wildman–Crippen MR) is 78.5 cm³/mol. The van der Waals surface area contributed by atoms with Crippen LogP contribution in [-0.4, -0.2) is 39.8 Å². The number of carbonyl (C=O) groups is 1. The maximum absolute atomic E-state index is 12.6. The molecule has 0 radical (unpaired) electrons. The average Bonchev–Trinajstić information content (AvgIpc) is 2.96. The lowest BCUT2D eigenvalue weighted by molar-refractivity contribution is -0.137. The molecule has 0 saturated carbocycles. The number of aryl methyl sites for hydroxylation is 1. The van der Waals surface area contributed by atoms with Gasteiger partial charge in [0.1, 0.15) is 18.5 Å². The van der Waals surface area contributed by atoms with Crippen molar-refractivity contribution in [1.29, 1.82) is 0 Å². The molecule has 1 aromatic carbocycles. The molecule has 1 atom stereocenters. The molecule has 2 N–H and O–H groups in total. The van der Waals surface area contributed by atoms with Gasteiger partial charge < -0.3 is 19.7 Å². The zero-order chi connectivity index (χ0) is 17.7. The Morgan fingerprint density at radius 1 is 1.46 bits per heavy atom. The Balaban J connectivity index is 1.82. The molecule has 0 aliphatic heterocycles. The highest BCUT2D eigenvalue weighted by atomic mass is 19.4. The van der Waals surface area contributed by atoms with Crippen molar-refractivity contribution >= 4 is 5.91 Å². The summed E-state index contributed by atoms with van der Waals surface area (Å²) in [5.74, 6) is -0.305. The van der Waals surface area contributed by atoms with E-state index < -0.39 is 23.8 Å². The molecule has 2 aromatic rings. The number of alkyl halides is 3. The van der Waals surface area contributed by atoms with E-state index in [0.29, 0.717) is 0 Å². The fourth-order valence-corrected chi connectivity index (χ4v) is 1.89. The molecular weight excluding hydrogens is 327 g/mol. The zero-order valence-corrected chi connectivity index (χ0v) is 12.7. The van der Waals surface area contributed by atoms with Crippen LogP contribution in [0.5, 0.6) is 5.75 Å². The molecule has 2 rings (SSSR count). The maximum atomic E-state index is 12.6. The van der Waals surface area contributed by atoms with E-state index in [2.05, 4.69) is 10.3 Å². The molecule has 1 amide bonds. The summed E-state index contributed by atoms with van der Waals surface area (Å²) in [5.41, 5.74) is -0.836. The van der Waals surface area contributed by atoms with Gasteiger partial charge in [0.15, 0.2) is 5.82 Å². The Kier molecular flexibility index (Phi) is 5.45. The Bertz CT molecular complexity index is 701. The molecule has 130 valence electrons. The molecule has 0 bridgehead atoms. The fraction of sp³-hybridized carbons (Fsp3) is 0.333.